The van der Waals surface area contributed by atoms with E-state index in [2.05, 4.69) is 17.7 Å². The Balaban J connectivity index is 3.61. The van der Waals surface area contributed by atoms with E-state index >= 15 is 0 Å². The molecular formula is C6H10FO2P. The monoisotopic (exact) mass is 164 g/mol. The molecule has 0 aliphatic heterocycles. The van der Waals surface area contributed by atoms with Crippen LogP contribution in [0.5, 0.6) is 0 Å². The highest BCUT2D eigenvalue weighted by molar-refractivity contribution is 7.40. The van der Waals surface area contributed by atoms with Crippen LogP contribution in [-0.4, -0.2) is 12.5 Å². The van der Waals surface area contributed by atoms with Gasteiger partial charge < -0.3 is 4.52 Å². The first-order valence-electron chi connectivity index (χ1n) is 2.76. The second kappa shape index (κ2) is 5.39. The van der Waals surface area contributed by atoms with Gasteiger partial charge in [0, 0.05) is 0 Å². The third-order valence-electron chi connectivity index (χ3n) is 0.776. The smallest absolute Gasteiger partial charge is 0.228 e. The SMILES string of the molecule is C=CCO[PH](=O)C(F)C=C. The van der Waals surface area contributed by atoms with Crippen molar-refractivity contribution in [2.24, 2.45) is 0 Å². The first-order chi connectivity index (χ1) is 4.72. The minimum absolute atomic E-state index is 0.117. The van der Waals surface area contributed by atoms with Crippen LogP contribution >= 0.6 is 8.03 Å². The average Bonchev–Trinajstić information content (AvgIpc) is 1.98. The van der Waals surface area contributed by atoms with Crippen LogP contribution in [0, 0.1) is 0 Å². The maximum absolute atomic E-state index is 12.3. The molecule has 0 bridgehead atoms. The molecule has 0 aromatic carbocycles. The molecule has 0 aromatic heterocycles. The van der Waals surface area contributed by atoms with E-state index < -0.39 is 13.9 Å². The zero-order chi connectivity index (χ0) is 7.98. The molecular weight excluding hydrogens is 154 g/mol. The van der Waals surface area contributed by atoms with E-state index in [1.54, 1.807) is 0 Å². The minimum Gasteiger partial charge on any atom is -0.324 e. The molecule has 0 saturated carbocycles. The Kier molecular flexibility index (Phi) is 5.17. The molecule has 10 heavy (non-hydrogen) atoms. The first kappa shape index (κ1) is 9.60. The fourth-order valence-corrected chi connectivity index (χ4v) is 0.951. The van der Waals surface area contributed by atoms with Crippen LogP contribution in [0.4, 0.5) is 4.39 Å². The molecule has 58 valence electrons. The van der Waals surface area contributed by atoms with E-state index in [-0.39, 0.29) is 6.61 Å². The lowest BCUT2D eigenvalue weighted by Gasteiger charge is -2.01. The molecule has 0 aromatic rings. The van der Waals surface area contributed by atoms with E-state index in [0.717, 1.165) is 6.08 Å². The Morgan fingerprint density at radius 2 is 2.30 bits per heavy atom. The predicted octanol–water partition coefficient (Wildman–Crippen LogP) is 2.15. The Morgan fingerprint density at radius 1 is 1.70 bits per heavy atom. The number of halogens is 1. The van der Waals surface area contributed by atoms with E-state index in [9.17, 15) is 8.96 Å². The quantitative estimate of drug-likeness (QED) is 0.459. The van der Waals surface area contributed by atoms with Crippen LogP contribution in [0.1, 0.15) is 0 Å². The summed E-state index contributed by atoms with van der Waals surface area (Å²) in [7, 11) is -2.59. The van der Waals surface area contributed by atoms with Gasteiger partial charge in [0.05, 0.1) is 6.61 Å². The molecule has 0 N–H and O–H groups in total. The van der Waals surface area contributed by atoms with Crippen molar-refractivity contribution in [1.29, 1.82) is 0 Å². The number of allylic oxidation sites excluding steroid dienone is 1. The summed E-state index contributed by atoms with van der Waals surface area (Å²) in [5.41, 5.74) is 0. The van der Waals surface area contributed by atoms with Gasteiger partial charge in [-0.1, -0.05) is 12.7 Å². The van der Waals surface area contributed by atoms with Gasteiger partial charge in [0.25, 0.3) is 0 Å². The molecule has 0 aliphatic carbocycles. The average molecular weight is 164 g/mol. The number of alkyl halides is 1. The van der Waals surface area contributed by atoms with Gasteiger partial charge in [-0.05, 0) is 6.08 Å². The minimum atomic E-state index is -2.59. The normalized spacial score (nSPS) is 15.7. The molecule has 2 atom stereocenters. The molecule has 0 amide bonds. The summed E-state index contributed by atoms with van der Waals surface area (Å²) in [5.74, 6) is -1.54. The summed E-state index contributed by atoms with van der Waals surface area (Å²) in [6.07, 6.45) is 2.38. The Morgan fingerprint density at radius 3 is 2.70 bits per heavy atom. The van der Waals surface area contributed by atoms with Crippen molar-refractivity contribution < 1.29 is 13.5 Å². The van der Waals surface area contributed by atoms with E-state index in [4.69, 9.17) is 0 Å². The predicted molar refractivity (Wildman–Crippen MR) is 40.2 cm³/mol. The third kappa shape index (κ3) is 3.59. The molecule has 4 heteroatoms. The zero-order valence-electron chi connectivity index (χ0n) is 5.55. The molecule has 0 saturated heterocycles. The van der Waals surface area contributed by atoms with Gasteiger partial charge in [0.1, 0.15) is 0 Å². The molecule has 0 fully saturated rings. The summed E-state index contributed by atoms with van der Waals surface area (Å²) in [6.45, 7) is 6.57. The summed E-state index contributed by atoms with van der Waals surface area (Å²) in [5, 5.41) is 0. The van der Waals surface area contributed by atoms with Crippen molar-refractivity contribution in [1.82, 2.24) is 0 Å². The van der Waals surface area contributed by atoms with Crippen LogP contribution in [0.15, 0.2) is 25.3 Å². The lowest BCUT2D eigenvalue weighted by molar-refractivity contribution is 0.342. The van der Waals surface area contributed by atoms with Crippen LogP contribution in [-0.2, 0) is 9.09 Å². The Bertz CT molecular complexity index is 147. The molecule has 0 radical (unpaired) electrons. The first-order valence-corrected chi connectivity index (χ1v) is 4.16. The van der Waals surface area contributed by atoms with Crippen molar-refractivity contribution in [3.05, 3.63) is 25.3 Å². The molecule has 2 nitrogen and oxygen atoms in total. The second-order valence-electron chi connectivity index (χ2n) is 1.56. The van der Waals surface area contributed by atoms with Gasteiger partial charge >= 0.3 is 0 Å². The highest BCUT2D eigenvalue weighted by atomic mass is 31.1. The van der Waals surface area contributed by atoms with E-state index in [0.29, 0.717) is 0 Å². The highest BCUT2D eigenvalue weighted by Crippen LogP contribution is 2.30. The maximum atomic E-state index is 12.3. The Hall–Kier alpha value is -0.400. The van der Waals surface area contributed by atoms with Gasteiger partial charge in [-0.25, -0.2) is 4.39 Å². The summed E-state index contributed by atoms with van der Waals surface area (Å²) in [6, 6.07) is 0. The summed E-state index contributed by atoms with van der Waals surface area (Å²) < 4.78 is 27.4. The summed E-state index contributed by atoms with van der Waals surface area (Å²) in [4.78, 5) is 0. The van der Waals surface area contributed by atoms with Gasteiger partial charge in [-0.15, -0.1) is 6.58 Å². The number of hydrogen-bond acceptors (Lipinski definition) is 2. The lowest BCUT2D eigenvalue weighted by Crippen LogP contribution is -1.89. The second-order valence-corrected chi connectivity index (χ2v) is 3.03. The van der Waals surface area contributed by atoms with E-state index in [1.807, 2.05) is 0 Å². The summed E-state index contributed by atoms with van der Waals surface area (Å²) >= 11 is 0. The fraction of sp³-hybridized carbons (Fsp3) is 0.333. The van der Waals surface area contributed by atoms with Crippen molar-refractivity contribution >= 4 is 8.03 Å². The fourth-order valence-electron chi connectivity index (χ4n) is 0.317. The number of hydrogen-bond donors (Lipinski definition) is 0. The van der Waals surface area contributed by atoms with Gasteiger partial charge in [-0.3, -0.25) is 4.57 Å². The van der Waals surface area contributed by atoms with Crippen LogP contribution in [0.2, 0.25) is 0 Å². The zero-order valence-corrected chi connectivity index (χ0v) is 6.55. The third-order valence-corrected chi connectivity index (χ3v) is 1.91. The molecule has 2 unspecified atom stereocenters. The molecule has 0 aliphatic rings. The van der Waals surface area contributed by atoms with E-state index in [1.165, 1.54) is 6.08 Å². The standard InChI is InChI=1S/C6H10FO2P/c1-3-5-9-10(8)6(7)4-2/h3-4,6,10H,1-2,5H2. The van der Waals surface area contributed by atoms with Crippen LogP contribution < -0.4 is 0 Å². The molecule has 0 heterocycles. The van der Waals surface area contributed by atoms with Crippen LogP contribution in [0.3, 0.4) is 0 Å². The van der Waals surface area contributed by atoms with Crippen molar-refractivity contribution in [2.75, 3.05) is 6.61 Å². The van der Waals surface area contributed by atoms with Gasteiger partial charge in [0.2, 0.25) is 8.03 Å². The highest BCUT2D eigenvalue weighted by Gasteiger charge is 2.09. The van der Waals surface area contributed by atoms with Gasteiger partial charge in [0.15, 0.2) is 5.91 Å². The molecule has 0 spiro atoms. The van der Waals surface area contributed by atoms with Crippen molar-refractivity contribution in [2.45, 2.75) is 5.91 Å². The lowest BCUT2D eigenvalue weighted by atomic mass is 10.7. The van der Waals surface area contributed by atoms with Crippen molar-refractivity contribution in [3.8, 4) is 0 Å². The molecule has 0 rings (SSSR count). The maximum Gasteiger partial charge on any atom is 0.228 e. The van der Waals surface area contributed by atoms with Crippen molar-refractivity contribution in [3.63, 3.8) is 0 Å². The Labute approximate surface area is 60.3 Å². The van der Waals surface area contributed by atoms with Crippen LogP contribution in [0.25, 0.3) is 0 Å². The topological polar surface area (TPSA) is 26.3 Å². The largest absolute Gasteiger partial charge is 0.324 e. The van der Waals surface area contributed by atoms with Gasteiger partial charge in [-0.2, -0.15) is 0 Å². The number of rotatable bonds is 5.